The van der Waals surface area contributed by atoms with Crippen LogP contribution >= 0.6 is 27.5 Å². The van der Waals surface area contributed by atoms with Gasteiger partial charge in [-0.1, -0.05) is 27.5 Å². The predicted molar refractivity (Wildman–Crippen MR) is 70.2 cm³/mol. The number of esters is 1. The van der Waals surface area contributed by atoms with Crippen molar-refractivity contribution in [3.63, 3.8) is 0 Å². The Bertz CT molecular complexity index is 432. The molecule has 3 nitrogen and oxygen atoms in total. The van der Waals surface area contributed by atoms with Gasteiger partial charge in [0.15, 0.2) is 5.78 Å². The number of alkyl halides is 1. The Morgan fingerprint density at radius 3 is 2.71 bits per heavy atom. The van der Waals surface area contributed by atoms with Gasteiger partial charge < -0.3 is 4.74 Å². The average Bonchev–Trinajstić information content (AvgIpc) is 2.30. The van der Waals surface area contributed by atoms with Crippen LogP contribution in [-0.2, 0) is 4.74 Å². The molecule has 0 N–H and O–H groups in total. The summed E-state index contributed by atoms with van der Waals surface area (Å²) in [5.74, 6) is -0.546. The highest BCUT2D eigenvalue weighted by molar-refractivity contribution is 9.09. The van der Waals surface area contributed by atoms with Gasteiger partial charge in [-0.2, -0.15) is 0 Å². The van der Waals surface area contributed by atoms with Crippen LogP contribution < -0.4 is 0 Å². The van der Waals surface area contributed by atoms with E-state index in [9.17, 15) is 9.59 Å². The summed E-state index contributed by atoms with van der Waals surface area (Å²) >= 11 is 9.11. The predicted octanol–water partition coefficient (Wildman–Crippen LogP) is 3.48. The lowest BCUT2D eigenvalue weighted by Crippen LogP contribution is -2.07. The third-order valence-electron chi connectivity index (χ3n) is 2.10. The van der Waals surface area contributed by atoms with Gasteiger partial charge in [-0.25, -0.2) is 4.79 Å². The fourth-order valence-electron chi connectivity index (χ4n) is 1.30. The fourth-order valence-corrected chi connectivity index (χ4v) is 1.88. The SMILES string of the molecule is CCOC(=O)c1ccc(Cl)c(C(=O)CCBr)c1. The molecule has 0 fully saturated rings. The molecule has 0 aliphatic carbocycles. The van der Waals surface area contributed by atoms with E-state index in [1.807, 2.05) is 0 Å². The van der Waals surface area contributed by atoms with Gasteiger partial charge in [0.2, 0.25) is 0 Å². The molecule has 5 heteroatoms. The normalized spacial score (nSPS) is 10.1. The van der Waals surface area contributed by atoms with E-state index in [2.05, 4.69) is 15.9 Å². The minimum atomic E-state index is -0.447. The van der Waals surface area contributed by atoms with Crippen molar-refractivity contribution in [1.29, 1.82) is 0 Å². The lowest BCUT2D eigenvalue weighted by Gasteiger charge is -2.06. The molecule has 1 aromatic rings. The van der Waals surface area contributed by atoms with Crippen molar-refractivity contribution in [3.8, 4) is 0 Å². The van der Waals surface area contributed by atoms with Crippen molar-refractivity contribution < 1.29 is 14.3 Å². The molecule has 0 aromatic heterocycles. The van der Waals surface area contributed by atoms with E-state index >= 15 is 0 Å². The minimum Gasteiger partial charge on any atom is -0.462 e. The Hall–Kier alpha value is -0.870. The summed E-state index contributed by atoms with van der Waals surface area (Å²) in [4.78, 5) is 23.2. The maximum atomic E-state index is 11.7. The number of Topliss-reactive ketones (excluding diaryl/α,β-unsaturated/α-hetero) is 1. The number of hydrogen-bond acceptors (Lipinski definition) is 3. The number of benzene rings is 1. The first-order valence-electron chi connectivity index (χ1n) is 5.16. The molecule has 92 valence electrons. The van der Waals surface area contributed by atoms with Crippen LogP contribution in [0, 0.1) is 0 Å². The molecule has 1 rings (SSSR count). The van der Waals surface area contributed by atoms with Crippen molar-refractivity contribution >= 4 is 39.3 Å². The van der Waals surface area contributed by atoms with Crippen LogP contribution in [0.5, 0.6) is 0 Å². The smallest absolute Gasteiger partial charge is 0.338 e. The maximum Gasteiger partial charge on any atom is 0.338 e. The van der Waals surface area contributed by atoms with E-state index in [0.717, 1.165) is 0 Å². The lowest BCUT2D eigenvalue weighted by atomic mass is 10.1. The third-order valence-corrected chi connectivity index (χ3v) is 2.83. The number of halogens is 2. The number of carbonyl (C=O) groups excluding carboxylic acids is 2. The van der Waals surface area contributed by atoms with Crippen molar-refractivity contribution in [2.45, 2.75) is 13.3 Å². The van der Waals surface area contributed by atoms with Crippen molar-refractivity contribution in [1.82, 2.24) is 0 Å². The molecule has 0 aliphatic heterocycles. The molecule has 0 amide bonds. The molecule has 0 bridgehead atoms. The Kier molecular flexibility index (Phi) is 5.65. The van der Waals surface area contributed by atoms with E-state index in [-0.39, 0.29) is 5.78 Å². The van der Waals surface area contributed by atoms with E-state index in [1.165, 1.54) is 12.1 Å². The topological polar surface area (TPSA) is 43.4 Å². The highest BCUT2D eigenvalue weighted by Crippen LogP contribution is 2.20. The first-order chi connectivity index (χ1) is 8.10. The highest BCUT2D eigenvalue weighted by atomic mass is 79.9. The van der Waals surface area contributed by atoms with Crippen molar-refractivity contribution in [2.24, 2.45) is 0 Å². The molecule has 0 saturated carbocycles. The van der Waals surface area contributed by atoms with E-state index in [0.29, 0.717) is 34.5 Å². The molecule has 0 saturated heterocycles. The lowest BCUT2D eigenvalue weighted by molar-refractivity contribution is 0.0526. The fraction of sp³-hybridized carbons (Fsp3) is 0.333. The number of carbonyl (C=O) groups is 2. The van der Waals surface area contributed by atoms with Crippen LogP contribution in [0.3, 0.4) is 0 Å². The Morgan fingerprint density at radius 2 is 2.12 bits per heavy atom. The molecular weight excluding hydrogens is 307 g/mol. The Balaban J connectivity index is 3.02. The van der Waals surface area contributed by atoms with Gasteiger partial charge in [-0.05, 0) is 25.1 Å². The zero-order valence-corrected chi connectivity index (χ0v) is 11.7. The van der Waals surface area contributed by atoms with Crippen LogP contribution in [0.4, 0.5) is 0 Å². The number of ether oxygens (including phenoxy) is 1. The first-order valence-corrected chi connectivity index (χ1v) is 6.66. The van der Waals surface area contributed by atoms with E-state index in [4.69, 9.17) is 16.3 Å². The highest BCUT2D eigenvalue weighted by Gasteiger charge is 2.14. The zero-order valence-electron chi connectivity index (χ0n) is 9.33. The average molecular weight is 320 g/mol. The standard InChI is InChI=1S/C12H12BrClO3/c1-2-17-12(16)8-3-4-10(14)9(7-8)11(15)5-6-13/h3-4,7H,2,5-6H2,1H3. The van der Waals surface area contributed by atoms with Crippen molar-refractivity contribution in [3.05, 3.63) is 34.3 Å². The van der Waals surface area contributed by atoms with Gasteiger partial charge in [0.05, 0.1) is 17.2 Å². The third kappa shape index (κ3) is 3.82. The van der Waals surface area contributed by atoms with E-state index < -0.39 is 5.97 Å². The minimum absolute atomic E-state index is 0.0991. The molecule has 0 heterocycles. The number of ketones is 1. The van der Waals surface area contributed by atoms with Crippen LogP contribution in [0.25, 0.3) is 0 Å². The van der Waals surface area contributed by atoms with Gasteiger partial charge in [0.25, 0.3) is 0 Å². The molecule has 1 aromatic carbocycles. The van der Waals surface area contributed by atoms with Crippen molar-refractivity contribution in [2.75, 3.05) is 11.9 Å². The molecular formula is C12H12BrClO3. The summed E-state index contributed by atoms with van der Waals surface area (Å²) in [6.45, 7) is 2.02. The van der Waals surface area contributed by atoms with E-state index in [1.54, 1.807) is 13.0 Å². The Labute approximate surface area is 113 Å². The monoisotopic (exact) mass is 318 g/mol. The Morgan fingerprint density at radius 1 is 1.41 bits per heavy atom. The summed E-state index contributed by atoms with van der Waals surface area (Å²) < 4.78 is 4.86. The summed E-state index contributed by atoms with van der Waals surface area (Å²) in [5, 5.41) is 0.912. The molecule has 17 heavy (non-hydrogen) atoms. The van der Waals surface area contributed by atoms with Crippen LogP contribution in [0.2, 0.25) is 5.02 Å². The van der Waals surface area contributed by atoms with Gasteiger partial charge in [0, 0.05) is 17.3 Å². The molecule has 0 spiro atoms. The van der Waals surface area contributed by atoms with Crippen LogP contribution in [-0.4, -0.2) is 23.7 Å². The molecule has 0 aliphatic rings. The second-order valence-electron chi connectivity index (χ2n) is 3.28. The van der Waals surface area contributed by atoms with Gasteiger partial charge >= 0.3 is 5.97 Å². The summed E-state index contributed by atoms with van der Waals surface area (Å²) in [6.07, 6.45) is 0.339. The number of rotatable bonds is 5. The summed E-state index contributed by atoms with van der Waals surface area (Å²) in [6, 6.07) is 4.56. The first kappa shape index (κ1) is 14.2. The quantitative estimate of drug-likeness (QED) is 0.474. The van der Waals surface area contributed by atoms with Crippen LogP contribution in [0.1, 0.15) is 34.1 Å². The zero-order chi connectivity index (χ0) is 12.8. The largest absolute Gasteiger partial charge is 0.462 e. The molecule has 0 atom stereocenters. The van der Waals surface area contributed by atoms with Crippen LogP contribution in [0.15, 0.2) is 18.2 Å². The van der Waals surface area contributed by atoms with Gasteiger partial charge in [-0.15, -0.1) is 0 Å². The second kappa shape index (κ2) is 6.77. The summed E-state index contributed by atoms with van der Waals surface area (Å²) in [5.41, 5.74) is 0.700. The summed E-state index contributed by atoms with van der Waals surface area (Å²) in [7, 11) is 0. The van der Waals surface area contributed by atoms with Gasteiger partial charge in [-0.3, -0.25) is 4.79 Å². The molecule has 0 unspecified atom stereocenters. The maximum absolute atomic E-state index is 11.7. The second-order valence-corrected chi connectivity index (χ2v) is 4.48. The van der Waals surface area contributed by atoms with Gasteiger partial charge in [0.1, 0.15) is 0 Å². The number of hydrogen-bond donors (Lipinski definition) is 0. The molecule has 0 radical (unpaired) electrons.